The zero-order valence-corrected chi connectivity index (χ0v) is 25.2. The number of ether oxygens (including phenoxy) is 3. The molecule has 10 heteroatoms. The third-order valence-electron chi connectivity index (χ3n) is 8.04. The topological polar surface area (TPSA) is 90.5 Å². The van der Waals surface area contributed by atoms with Gasteiger partial charge in [-0.25, -0.2) is 14.3 Å². The van der Waals surface area contributed by atoms with E-state index in [1.54, 1.807) is 4.90 Å². The molecule has 1 atom stereocenters. The Kier molecular flexibility index (Phi) is 8.31. The first-order valence-electron chi connectivity index (χ1n) is 14.8. The molecule has 2 saturated heterocycles. The molecule has 222 valence electrons. The highest BCUT2D eigenvalue weighted by Crippen LogP contribution is 2.36. The van der Waals surface area contributed by atoms with Gasteiger partial charge in [0.05, 0.1) is 23.4 Å². The van der Waals surface area contributed by atoms with Gasteiger partial charge in [0.25, 0.3) is 0 Å². The largest absolute Gasteiger partial charge is 0.462 e. The van der Waals surface area contributed by atoms with Gasteiger partial charge in [0.2, 0.25) is 0 Å². The normalized spacial score (nSPS) is 18.5. The molecule has 0 N–H and O–H groups in total. The fourth-order valence-electron chi connectivity index (χ4n) is 6.00. The lowest BCUT2D eigenvalue weighted by Crippen LogP contribution is -2.47. The van der Waals surface area contributed by atoms with Crippen LogP contribution in [-0.2, 0) is 14.2 Å². The van der Waals surface area contributed by atoms with Gasteiger partial charge in [0.1, 0.15) is 11.4 Å². The number of fused-ring (bicyclic) bond motifs is 1. The Morgan fingerprint density at radius 2 is 1.90 bits per heavy atom. The van der Waals surface area contributed by atoms with E-state index in [2.05, 4.69) is 33.7 Å². The molecule has 0 radical (unpaired) electrons. The number of piperidine rings is 1. The SMILES string of the molecule is CCOC(=O)c1cc2c(-c3ccnn3C3CCCCO3)ccn2c(N(C)C2CCN(C(=O)OC(C)(C)C)CC2)c1C. The molecule has 2 fully saturated rings. The van der Waals surface area contributed by atoms with Crippen LogP contribution in [0.4, 0.5) is 10.6 Å². The summed E-state index contributed by atoms with van der Waals surface area (Å²) in [6.07, 6.45) is 8.18. The molecule has 1 amide bonds. The molecule has 0 bridgehead atoms. The van der Waals surface area contributed by atoms with Crippen LogP contribution in [0.5, 0.6) is 0 Å². The second-order valence-electron chi connectivity index (χ2n) is 12.0. The van der Waals surface area contributed by atoms with Crippen molar-refractivity contribution in [2.24, 2.45) is 0 Å². The number of amides is 1. The van der Waals surface area contributed by atoms with Crippen LogP contribution in [-0.4, -0.2) is 76.1 Å². The van der Waals surface area contributed by atoms with Crippen molar-refractivity contribution in [3.05, 3.63) is 41.7 Å². The molecule has 0 aromatic carbocycles. The number of carbonyl (C=O) groups excluding carboxylic acids is 2. The lowest BCUT2D eigenvalue weighted by Gasteiger charge is -2.39. The maximum Gasteiger partial charge on any atom is 0.410 e. The van der Waals surface area contributed by atoms with E-state index in [0.29, 0.717) is 25.3 Å². The average Bonchev–Trinajstić information content (AvgIpc) is 3.59. The fourth-order valence-corrected chi connectivity index (χ4v) is 6.00. The molecular formula is C31H43N5O5. The number of anilines is 1. The Hall–Kier alpha value is -3.53. The number of hydrogen-bond donors (Lipinski definition) is 0. The summed E-state index contributed by atoms with van der Waals surface area (Å²) in [5, 5.41) is 4.62. The minimum absolute atomic E-state index is 0.101. The number of carbonyl (C=O) groups is 2. The number of nitrogens with zero attached hydrogens (tertiary/aromatic N) is 5. The van der Waals surface area contributed by atoms with Crippen molar-refractivity contribution in [1.29, 1.82) is 0 Å². The van der Waals surface area contributed by atoms with E-state index >= 15 is 0 Å². The average molecular weight is 566 g/mol. The van der Waals surface area contributed by atoms with Crippen LogP contribution in [0.25, 0.3) is 16.8 Å². The van der Waals surface area contributed by atoms with Gasteiger partial charge in [-0.05, 0) is 84.9 Å². The van der Waals surface area contributed by atoms with E-state index < -0.39 is 5.60 Å². The van der Waals surface area contributed by atoms with Crippen LogP contribution in [0, 0.1) is 6.92 Å². The predicted octanol–water partition coefficient (Wildman–Crippen LogP) is 5.82. The minimum atomic E-state index is -0.522. The van der Waals surface area contributed by atoms with Crippen molar-refractivity contribution in [3.63, 3.8) is 0 Å². The Balaban J connectivity index is 1.50. The van der Waals surface area contributed by atoms with Crippen molar-refractivity contribution >= 4 is 23.4 Å². The summed E-state index contributed by atoms with van der Waals surface area (Å²) in [4.78, 5) is 29.9. The zero-order chi connectivity index (χ0) is 29.3. The van der Waals surface area contributed by atoms with E-state index in [0.717, 1.165) is 66.9 Å². The number of aromatic nitrogens is 3. The summed E-state index contributed by atoms with van der Waals surface area (Å²) in [7, 11) is 2.07. The lowest BCUT2D eigenvalue weighted by atomic mass is 10.0. The van der Waals surface area contributed by atoms with Crippen molar-refractivity contribution in [2.75, 3.05) is 38.3 Å². The summed E-state index contributed by atoms with van der Waals surface area (Å²) in [6.45, 7) is 11.7. The number of pyridine rings is 1. The van der Waals surface area contributed by atoms with Crippen molar-refractivity contribution in [2.45, 2.75) is 84.6 Å². The van der Waals surface area contributed by atoms with Gasteiger partial charge in [-0.2, -0.15) is 5.10 Å². The van der Waals surface area contributed by atoms with Crippen molar-refractivity contribution < 1.29 is 23.8 Å². The minimum Gasteiger partial charge on any atom is -0.462 e. The number of likely N-dealkylation sites (tertiary alicyclic amines) is 1. The van der Waals surface area contributed by atoms with Crippen LogP contribution in [0.1, 0.15) is 81.9 Å². The number of rotatable bonds is 6. The van der Waals surface area contributed by atoms with E-state index in [1.165, 1.54) is 0 Å². The smallest absolute Gasteiger partial charge is 0.410 e. The first-order valence-corrected chi connectivity index (χ1v) is 14.8. The molecule has 10 nitrogen and oxygen atoms in total. The first-order chi connectivity index (χ1) is 19.6. The monoisotopic (exact) mass is 565 g/mol. The summed E-state index contributed by atoms with van der Waals surface area (Å²) < 4.78 is 21.3. The van der Waals surface area contributed by atoms with E-state index in [4.69, 9.17) is 14.2 Å². The lowest BCUT2D eigenvalue weighted by molar-refractivity contribution is -0.0383. The number of esters is 1. The molecular weight excluding hydrogens is 522 g/mol. The molecule has 5 rings (SSSR count). The second-order valence-corrected chi connectivity index (χ2v) is 12.0. The summed E-state index contributed by atoms with van der Waals surface area (Å²) in [5.74, 6) is 0.602. The molecule has 0 saturated carbocycles. The maximum absolute atomic E-state index is 13.2. The van der Waals surface area contributed by atoms with Gasteiger partial charge in [0, 0.05) is 56.3 Å². The van der Waals surface area contributed by atoms with Crippen LogP contribution in [0.15, 0.2) is 30.6 Å². The fraction of sp³-hybridized carbons (Fsp3) is 0.581. The molecule has 2 aliphatic heterocycles. The summed E-state index contributed by atoms with van der Waals surface area (Å²) in [5.41, 5.74) is 3.73. The molecule has 3 aromatic rings. The molecule has 1 unspecified atom stereocenters. The van der Waals surface area contributed by atoms with E-state index in [-0.39, 0.29) is 24.3 Å². The Bertz CT molecular complexity index is 1390. The predicted molar refractivity (Wildman–Crippen MR) is 157 cm³/mol. The van der Waals surface area contributed by atoms with Gasteiger partial charge in [-0.1, -0.05) is 0 Å². The zero-order valence-electron chi connectivity index (χ0n) is 25.2. The standard InChI is InChI=1S/C31H43N5O5/c1-7-39-29(37)24-20-26-23(25-11-15-32-36(25)27-10-8-9-19-40-27)14-18-35(26)28(21(24)2)33(6)22-12-16-34(17-13-22)30(38)41-31(3,4)5/h11,14-15,18,20,22,27H,7-10,12-13,16-17,19H2,1-6H3. The summed E-state index contributed by atoms with van der Waals surface area (Å²) >= 11 is 0. The molecule has 0 spiro atoms. The third kappa shape index (κ3) is 5.93. The van der Waals surface area contributed by atoms with E-state index in [9.17, 15) is 9.59 Å². The second kappa shape index (κ2) is 11.8. The van der Waals surface area contributed by atoms with E-state index in [1.807, 2.05) is 57.6 Å². The van der Waals surface area contributed by atoms with Crippen LogP contribution in [0.2, 0.25) is 0 Å². The molecule has 41 heavy (non-hydrogen) atoms. The van der Waals surface area contributed by atoms with Gasteiger partial charge in [-0.15, -0.1) is 0 Å². The Morgan fingerprint density at radius 3 is 2.56 bits per heavy atom. The molecule has 5 heterocycles. The highest BCUT2D eigenvalue weighted by Gasteiger charge is 2.31. The van der Waals surface area contributed by atoms with Gasteiger partial charge in [-0.3, -0.25) is 0 Å². The quantitative estimate of drug-likeness (QED) is 0.348. The molecule has 0 aliphatic carbocycles. The van der Waals surface area contributed by atoms with Crippen LogP contribution in [0.3, 0.4) is 0 Å². The molecule has 2 aliphatic rings. The highest BCUT2D eigenvalue weighted by atomic mass is 16.6. The Morgan fingerprint density at radius 1 is 1.15 bits per heavy atom. The highest BCUT2D eigenvalue weighted by molar-refractivity contribution is 5.96. The van der Waals surface area contributed by atoms with Crippen LogP contribution >= 0.6 is 0 Å². The van der Waals surface area contributed by atoms with Gasteiger partial charge >= 0.3 is 12.1 Å². The molecule has 3 aromatic heterocycles. The third-order valence-corrected chi connectivity index (χ3v) is 8.04. The van der Waals surface area contributed by atoms with Crippen LogP contribution < -0.4 is 4.90 Å². The summed E-state index contributed by atoms with van der Waals surface area (Å²) in [6, 6.07) is 6.21. The first kappa shape index (κ1) is 29.0. The maximum atomic E-state index is 13.2. The van der Waals surface area contributed by atoms with Gasteiger partial charge in [0.15, 0.2) is 6.23 Å². The van der Waals surface area contributed by atoms with Crippen molar-refractivity contribution in [1.82, 2.24) is 19.1 Å². The number of hydrogen-bond acceptors (Lipinski definition) is 7. The van der Waals surface area contributed by atoms with Gasteiger partial charge < -0.3 is 28.4 Å². The van der Waals surface area contributed by atoms with Crippen molar-refractivity contribution in [3.8, 4) is 11.3 Å². The Labute approximate surface area is 242 Å².